The maximum absolute atomic E-state index is 12.6. The van der Waals surface area contributed by atoms with E-state index in [0.717, 1.165) is 44.3 Å². The Morgan fingerprint density at radius 1 is 1.00 bits per heavy atom. The molecule has 214 valence electrons. The van der Waals surface area contributed by atoms with Crippen LogP contribution in [0.1, 0.15) is 99.8 Å². The third-order valence-corrected chi connectivity index (χ3v) is 8.61. The van der Waals surface area contributed by atoms with Gasteiger partial charge in [-0.15, -0.1) is 0 Å². The van der Waals surface area contributed by atoms with Gasteiger partial charge in [0.15, 0.2) is 0 Å². The minimum absolute atomic E-state index is 0.0535. The molecule has 9 heteroatoms. The summed E-state index contributed by atoms with van der Waals surface area (Å²) < 4.78 is 6.02. The zero-order chi connectivity index (χ0) is 27.7. The van der Waals surface area contributed by atoms with Gasteiger partial charge in [0.1, 0.15) is 0 Å². The fraction of sp³-hybridized carbons (Fsp3) is 0.893. The molecule has 4 N–H and O–H groups in total. The van der Waals surface area contributed by atoms with Crippen LogP contribution in [0, 0.1) is 10.8 Å². The quantitative estimate of drug-likeness (QED) is 0.162. The number of ether oxygens (including phenoxy) is 1. The number of carbonyl (C=O) groups is 3. The summed E-state index contributed by atoms with van der Waals surface area (Å²) in [4.78, 5) is 36.5. The van der Waals surface area contributed by atoms with Crippen LogP contribution in [0.25, 0.3) is 0 Å². The van der Waals surface area contributed by atoms with Gasteiger partial charge in [-0.3, -0.25) is 9.59 Å². The second-order valence-corrected chi connectivity index (χ2v) is 14.5. The van der Waals surface area contributed by atoms with Gasteiger partial charge in [-0.05, 0) is 38.5 Å². The highest BCUT2D eigenvalue weighted by atomic mass is 32.2. The first-order valence-electron chi connectivity index (χ1n) is 14.1. The molecule has 0 aliphatic carbocycles. The molecular formula is C28H52N4O4S. The lowest BCUT2D eigenvalue weighted by atomic mass is 9.88. The van der Waals surface area contributed by atoms with Crippen molar-refractivity contribution in [3.63, 3.8) is 0 Å². The number of rotatable bonds is 17. The lowest BCUT2D eigenvalue weighted by molar-refractivity contribution is -0.126. The highest BCUT2D eigenvalue weighted by Gasteiger charge is 2.42. The summed E-state index contributed by atoms with van der Waals surface area (Å²) in [7, 11) is 0. The van der Waals surface area contributed by atoms with E-state index in [-0.39, 0.29) is 46.3 Å². The van der Waals surface area contributed by atoms with Crippen LogP contribution in [-0.4, -0.2) is 66.2 Å². The van der Waals surface area contributed by atoms with Gasteiger partial charge in [0.2, 0.25) is 11.8 Å². The first kappa shape index (κ1) is 31.7. The van der Waals surface area contributed by atoms with E-state index in [1.54, 1.807) is 0 Å². The molecule has 0 saturated carbocycles. The molecule has 37 heavy (non-hydrogen) atoms. The Hall–Kier alpha value is -1.48. The molecule has 3 atom stereocenters. The van der Waals surface area contributed by atoms with E-state index in [0.29, 0.717) is 37.9 Å². The van der Waals surface area contributed by atoms with E-state index in [4.69, 9.17) is 4.74 Å². The first-order chi connectivity index (χ1) is 17.2. The summed E-state index contributed by atoms with van der Waals surface area (Å²) >= 11 is 1.91. The average molecular weight is 541 g/mol. The molecular weight excluding hydrogens is 488 g/mol. The molecule has 2 aliphatic heterocycles. The predicted molar refractivity (Wildman–Crippen MR) is 152 cm³/mol. The zero-order valence-electron chi connectivity index (χ0n) is 24.3. The van der Waals surface area contributed by atoms with Crippen LogP contribution in [0.4, 0.5) is 4.79 Å². The fourth-order valence-electron chi connectivity index (χ4n) is 4.94. The van der Waals surface area contributed by atoms with E-state index in [9.17, 15) is 14.4 Å². The minimum atomic E-state index is -0.265. The van der Waals surface area contributed by atoms with Crippen molar-refractivity contribution in [2.45, 2.75) is 123 Å². The Kier molecular flexibility index (Phi) is 12.1. The van der Waals surface area contributed by atoms with Crippen molar-refractivity contribution in [1.82, 2.24) is 21.3 Å². The summed E-state index contributed by atoms with van der Waals surface area (Å²) in [5.74, 6) is 1.11. The molecule has 0 bridgehead atoms. The number of hydrogen-bond donors (Lipinski definition) is 4. The van der Waals surface area contributed by atoms with E-state index in [2.05, 4.69) is 69.7 Å². The maximum Gasteiger partial charge on any atom is 0.315 e. The van der Waals surface area contributed by atoms with Crippen LogP contribution in [0.5, 0.6) is 0 Å². The van der Waals surface area contributed by atoms with Gasteiger partial charge in [0.25, 0.3) is 0 Å². The molecule has 0 spiro atoms. The minimum Gasteiger partial charge on any atom is -0.380 e. The highest BCUT2D eigenvalue weighted by Crippen LogP contribution is 2.33. The van der Waals surface area contributed by atoms with E-state index in [1.807, 2.05) is 11.8 Å². The molecule has 8 nitrogen and oxygen atoms in total. The molecule has 0 radical (unpaired) electrons. The smallest absolute Gasteiger partial charge is 0.315 e. The summed E-state index contributed by atoms with van der Waals surface area (Å²) in [6.07, 6.45) is 6.99. The molecule has 2 aliphatic rings. The lowest BCUT2D eigenvalue weighted by Crippen LogP contribution is -2.45. The predicted octanol–water partition coefficient (Wildman–Crippen LogP) is 4.37. The summed E-state index contributed by atoms with van der Waals surface area (Å²) in [6, 6.07) is 0.423. The van der Waals surface area contributed by atoms with Crippen LogP contribution >= 0.6 is 11.8 Å². The molecule has 2 rings (SSSR count). The summed E-state index contributed by atoms with van der Waals surface area (Å²) in [5, 5.41) is 12.7. The largest absolute Gasteiger partial charge is 0.380 e. The number of thioether (sulfide) groups is 1. The number of amides is 4. The van der Waals surface area contributed by atoms with Crippen molar-refractivity contribution in [2.24, 2.45) is 10.8 Å². The second kappa shape index (κ2) is 14.1. The van der Waals surface area contributed by atoms with Gasteiger partial charge in [-0.1, -0.05) is 53.9 Å². The van der Waals surface area contributed by atoms with Gasteiger partial charge in [0.05, 0.1) is 25.3 Å². The first-order valence-corrected chi connectivity index (χ1v) is 15.1. The summed E-state index contributed by atoms with van der Waals surface area (Å²) in [5.41, 5.74) is -0.646. The molecule has 1 unspecified atom stereocenters. The van der Waals surface area contributed by atoms with Gasteiger partial charge < -0.3 is 26.0 Å². The fourth-order valence-corrected chi connectivity index (χ4v) is 6.49. The molecule has 2 saturated heterocycles. The third-order valence-electron chi connectivity index (χ3n) is 7.10. The highest BCUT2D eigenvalue weighted by molar-refractivity contribution is 8.00. The van der Waals surface area contributed by atoms with Crippen LogP contribution in [0.15, 0.2) is 0 Å². The Bertz CT molecular complexity index is 771. The van der Waals surface area contributed by atoms with Crippen molar-refractivity contribution in [3.8, 4) is 0 Å². The van der Waals surface area contributed by atoms with Crippen LogP contribution in [0.3, 0.4) is 0 Å². The standard InChI is InChI=1S/C28H52N4O4S/c1-8-9-14-28(6,7)32-23(34)15-26(2,3)18-36-19-27(4,5)17-29-22(33)13-11-10-12-21-24-20(16-37-21)30-25(35)31-24/h20-21,24H,8-19H2,1-7H3,(H,29,33)(H,32,34)(H2,30,31,35)/t20-,21?,24-/m0/s1. The van der Waals surface area contributed by atoms with Crippen molar-refractivity contribution in [1.29, 1.82) is 0 Å². The number of unbranched alkanes of at least 4 members (excludes halogenated alkanes) is 2. The monoisotopic (exact) mass is 540 g/mol. The van der Waals surface area contributed by atoms with Gasteiger partial charge >= 0.3 is 6.03 Å². The van der Waals surface area contributed by atoms with E-state index in [1.165, 1.54) is 0 Å². The number of nitrogens with one attached hydrogen (secondary N) is 4. The number of hydrogen-bond acceptors (Lipinski definition) is 5. The molecule has 2 fully saturated rings. The van der Waals surface area contributed by atoms with Gasteiger partial charge in [-0.2, -0.15) is 11.8 Å². The molecule has 2 heterocycles. The van der Waals surface area contributed by atoms with E-state index >= 15 is 0 Å². The van der Waals surface area contributed by atoms with Crippen molar-refractivity contribution in [2.75, 3.05) is 25.5 Å². The zero-order valence-corrected chi connectivity index (χ0v) is 25.1. The number of carbonyl (C=O) groups excluding carboxylic acids is 3. The maximum atomic E-state index is 12.6. The molecule has 0 aromatic heterocycles. The Morgan fingerprint density at radius 3 is 2.41 bits per heavy atom. The number of fused-ring (bicyclic) bond motifs is 1. The SMILES string of the molecule is CCCCC(C)(C)NC(=O)CC(C)(C)COCC(C)(C)CNC(=O)CCCCC1SC[C@@H]2NC(=O)N[C@H]12. The van der Waals surface area contributed by atoms with Crippen LogP contribution < -0.4 is 21.3 Å². The number of urea groups is 1. The van der Waals surface area contributed by atoms with Crippen molar-refractivity contribution < 1.29 is 19.1 Å². The molecule has 4 amide bonds. The normalized spacial score (nSPS) is 21.8. The Morgan fingerprint density at radius 2 is 1.70 bits per heavy atom. The average Bonchev–Trinajstić information content (AvgIpc) is 3.32. The molecule has 0 aromatic carbocycles. The third kappa shape index (κ3) is 11.8. The van der Waals surface area contributed by atoms with Crippen molar-refractivity contribution >= 4 is 29.6 Å². The van der Waals surface area contributed by atoms with Crippen LogP contribution in [0.2, 0.25) is 0 Å². The van der Waals surface area contributed by atoms with E-state index < -0.39 is 0 Å². The second-order valence-electron chi connectivity index (χ2n) is 13.2. The van der Waals surface area contributed by atoms with Gasteiger partial charge in [0, 0.05) is 41.3 Å². The summed E-state index contributed by atoms with van der Waals surface area (Å²) in [6.45, 7) is 16.2. The Labute approximate surface area is 229 Å². The van der Waals surface area contributed by atoms with Gasteiger partial charge in [-0.25, -0.2) is 4.79 Å². The van der Waals surface area contributed by atoms with Crippen molar-refractivity contribution in [3.05, 3.63) is 0 Å². The Balaban J connectivity index is 1.58. The molecule has 0 aromatic rings. The van der Waals surface area contributed by atoms with Crippen LogP contribution in [-0.2, 0) is 14.3 Å². The lowest BCUT2D eigenvalue weighted by Gasteiger charge is -2.31. The topological polar surface area (TPSA) is 109 Å².